The van der Waals surface area contributed by atoms with E-state index in [1.54, 1.807) is 48.4 Å². The predicted molar refractivity (Wildman–Crippen MR) is 107 cm³/mol. The third-order valence-electron chi connectivity index (χ3n) is 4.46. The molecule has 144 valence electrons. The van der Waals surface area contributed by atoms with Crippen molar-refractivity contribution < 1.29 is 19.0 Å². The lowest BCUT2D eigenvalue weighted by Crippen LogP contribution is -2.34. The molecule has 0 saturated heterocycles. The highest BCUT2D eigenvalue weighted by Gasteiger charge is 2.17. The standard InChI is InChI=1S/C23H22FNO3/c1-28-22-7-3-4-17(15-22)12-13-25(20-10-8-19(24)9-11-20)23(27)16-18-5-2-6-21(26)14-18/h2-11,14-15,26H,12-13,16H2,1H3. The molecule has 0 atom stereocenters. The second-order valence-electron chi connectivity index (χ2n) is 6.47. The average Bonchev–Trinajstić information content (AvgIpc) is 2.69. The Labute approximate surface area is 163 Å². The first kappa shape index (κ1) is 19.4. The fourth-order valence-electron chi connectivity index (χ4n) is 3.02. The molecule has 0 heterocycles. The summed E-state index contributed by atoms with van der Waals surface area (Å²) in [5.41, 5.74) is 2.39. The van der Waals surface area contributed by atoms with Gasteiger partial charge in [-0.2, -0.15) is 0 Å². The van der Waals surface area contributed by atoms with Gasteiger partial charge in [-0.25, -0.2) is 4.39 Å². The summed E-state index contributed by atoms with van der Waals surface area (Å²) >= 11 is 0. The van der Waals surface area contributed by atoms with Gasteiger partial charge in [-0.05, 0) is 66.1 Å². The maximum absolute atomic E-state index is 13.3. The first-order chi connectivity index (χ1) is 13.5. The smallest absolute Gasteiger partial charge is 0.231 e. The highest BCUT2D eigenvalue weighted by atomic mass is 19.1. The lowest BCUT2D eigenvalue weighted by atomic mass is 10.1. The van der Waals surface area contributed by atoms with Gasteiger partial charge in [-0.1, -0.05) is 24.3 Å². The van der Waals surface area contributed by atoms with E-state index in [-0.39, 0.29) is 23.9 Å². The van der Waals surface area contributed by atoms with Crippen LogP contribution in [0.1, 0.15) is 11.1 Å². The molecule has 28 heavy (non-hydrogen) atoms. The zero-order valence-electron chi connectivity index (χ0n) is 15.6. The SMILES string of the molecule is COc1cccc(CCN(C(=O)Cc2cccc(O)c2)c2ccc(F)cc2)c1. The highest BCUT2D eigenvalue weighted by molar-refractivity contribution is 5.94. The molecule has 0 aliphatic rings. The van der Waals surface area contributed by atoms with Crippen molar-refractivity contribution in [2.24, 2.45) is 0 Å². The van der Waals surface area contributed by atoms with Gasteiger partial charge in [0, 0.05) is 12.2 Å². The van der Waals surface area contributed by atoms with E-state index in [2.05, 4.69) is 0 Å². The number of phenolic OH excluding ortho intramolecular Hbond substituents is 1. The number of nitrogens with zero attached hydrogens (tertiary/aromatic N) is 1. The van der Waals surface area contributed by atoms with Gasteiger partial charge in [0.2, 0.25) is 5.91 Å². The quantitative estimate of drug-likeness (QED) is 0.664. The zero-order valence-corrected chi connectivity index (χ0v) is 15.6. The summed E-state index contributed by atoms with van der Waals surface area (Å²) in [4.78, 5) is 14.6. The van der Waals surface area contributed by atoms with Gasteiger partial charge < -0.3 is 14.7 Å². The van der Waals surface area contributed by atoms with Crippen LogP contribution in [0.3, 0.4) is 0 Å². The molecule has 0 aliphatic carbocycles. The lowest BCUT2D eigenvalue weighted by Gasteiger charge is -2.23. The topological polar surface area (TPSA) is 49.8 Å². The summed E-state index contributed by atoms with van der Waals surface area (Å²) in [7, 11) is 1.61. The Morgan fingerprint density at radius 1 is 1.00 bits per heavy atom. The Morgan fingerprint density at radius 2 is 1.71 bits per heavy atom. The summed E-state index contributed by atoms with van der Waals surface area (Å²) in [6.45, 7) is 0.441. The van der Waals surface area contributed by atoms with Crippen molar-refractivity contribution in [3.63, 3.8) is 0 Å². The minimum Gasteiger partial charge on any atom is -0.508 e. The van der Waals surface area contributed by atoms with Crippen LogP contribution in [0, 0.1) is 5.82 Å². The molecule has 3 rings (SSSR count). The molecule has 0 radical (unpaired) electrons. The fourth-order valence-corrected chi connectivity index (χ4v) is 3.02. The number of anilines is 1. The Hall–Kier alpha value is -3.34. The van der Waals surface area contributed by atoms with Crippen LogP contribution in [-0.4, -0.2) is 24.7 Å². The Bertz CT molecular complexity index is 941. The van der Waals surface area contributed by atoms with Crippen LogP contribution in [0.2, 0.25) is 0 Å². The van der Waals surface area contributed by atoms with Gasteiger partial charge in [-0.3, -0.25) is 4.79 Å². The normalized spacial score (nSPS) is 10.5. The largest absolute Gasteiger partial charge is 0.508 e. The molecule has 3 aromatic carbocycles. The maximum atomic E-state index is 13.3. The van der Waals surface area contributed by atoms with Gasteiger partial charge in [-0.15, -0.1) is 0 Å². The number of carbonyl (C=O) groups excluding carboxylic acids is 1. The number of aromatic hydroxyl groups is 1. The van der Waals surface area contributed by atoms with Crippen LogP contribution in [-0.2, 0) is 17.6 Å². The fraction of sp³-hybridized carbons (Fsp3) is 0.174. The molecule has 0 aliphatic heterocycles. The molecule has 0 aromatic heterocycles. The molecular weight excluding hydrogens is 357 g/mol. The van der Waals surface area contributed by atoms with E-state index in [0.717, 1.165) is 16.9 Å². The number of rotatable bonds is 7. The number of halogens is 1. The number of phenols is 1. The van der Waals surface area contributed by atoms with Crippen LogP contribution >= 0.6 is 0 Å². The number of hydrogen-bond acceptors (Lipinski definition) is 3. The van der Waals surface area contributed by atoms with E-state index in [4.69, 9.17) is 4.74 Å². The summed E-state index contributed by atoms with van der Waals surface area (Å²) < 4.78 is 18.6. The molecule has 1 amide bonds. The number of methoxy groups -OCH3 is 1. The van der Waals surface area contributed by atoms with E-state index in [9.17, 15) is 14.3 Å². The molecule has 1 N–H and O–H groups in total. The van der Waals surface area contributed by atoms with Crippen molar-refractivity contribution >= 4 is 11.6 Å². The number of hydrogen-bond donors (Lipinski definition) is 1. The molecule has 3 aromatic rings. The monoisotopic (exact) mass is 379 g/mol. The number of benzene rings is 3. The number of carbonyl (C=O) groups is 1. The molecule has 0 bridgehead atoms. The molecule has 0 saturated carbocycles. The second-order valence-corrected chi connectivity index (χ2v) is 6.47. The zero-order chi connectivity index (χ0) is 19.9. The van der Waals surface area contributed by atoms with E-state index in [1.807, 2.05) is 24.3 Å². The van der Waals surface area contributed by atoms with Crippen molar-refractivity contribution in [1.82, 2.24) is 0 Å². The molecular formula is C23H22FNO3. The Morgan fingerprint density at radius 3 is 2.43 bits per heavy atom. The molecule has 0 spiro atoms. The average molecular weight is 379 g/mol. The first-order valence-corrected chi connectivity index (χ1v) is 9.02. The van der Waals surface area contributed by atoms with Crippen molar-refractivity contribution in [3.8, 4) is 11.5 Å². The second kappa shape index (κ2) is 9.04. The van der Waals surface area contributed by atoms with Crippen molar-refractivity contribution in [2.75, 3.05) is 18.6 Å². The third kappa shape index (κ3) is 5.10. The van der Waals surface area contributed by atoms with E-state index in [0.29, 0.717) is 18.7 Å². The van der Waals surface area contributed by atoms with Crippen LogP contribution in [0.4, 0.5) is 10.1 Å². The molecule has 0 fully saturated rings. The Kier molecular flexibility index (Phi) is 6.27. The van der Waals surface area contributed by atoms with E-state index < -0.39 is 0 Å². The Balaban J connectivity index is 1.79. The van der Waals surface area contributed by atoms with Crippen molar-refractivity contribution in [2.45, 2.75) is 12.8 Å². The predicted octanol–water partition coefficient (Wildman–Crippen LogP) is 4.36. The van der Waals surface area contributed by atoms with Gasteiger partial charge in [0.05, 0.1) is 13.5 Å². The molecule has 4 nitrogen and oxygen atoms in total. The summed E-state index contributed by atoms with van der Waals surface area (Å²) in [6.07, 6.45) is 0.768. The van der Waals surface area contributed by atoms with Crippen LogP contribution in [0.5, 0.6) is 11.5 Å². The maximum Gasteiger partial charge on any atom is 0.231 e. The van der Waals surface area contributed by atoms with Crippen molar-refractivity contribution in [1.29, 1.82) is 0 Å². The minimum atomic E-state index is -0.350. The number of ether oxygens (including phenoxy) is 1. The van der Waals surface area contributed by atoms with Gasteiger partial charge in [0.25, 0.3) is 0 Å². The van der Waals surface area contributed by atoms with Crippen LogP contribution < -0.4 is 9.64 Å². The van der Waals surface area contributed by atoms with Crippen LogP contribution in [0.15, 0.2) is 72.8 Å². The highest BCUT2D eigenvalue weighted by Crippen LogP contribution is 2.20. The minimum absolute atomic E-state index is 0.120. The van der Waals surface area contributed by atoms with E-state index in [1.165, 1.54) is 12.1 Å². The molecule has 0 unspecified atom stereocenters. The first-order valence-electron chi connectivity index (χ1n) is 9.02. The molecule has 5 heteroatoms. The summed E-state index contributed by atoms with van der Waals surface area (Å²) in [5.74, 6) is 0.406. The summed E-state index contributed by atoms with van der Waals surface area (Å²) in [6, 6.07) is 20.2. The van der Waals surface area contributed by atoms with Crippen LogP contribution in [0.25, 0.3) is 0 Å². The van der Waals surface area contributed by atoms with E-state index >= 15 is 0 Å². The lowest BCUT2D eigenvalue weighted by molar-refractivity contribution is -0.118. The van der Waals surface area contributed by atoms with Gasteiger partial charge >= 0.3 is 0 Å². The number of amides is 1. The van der Waals surface area contributed by atoms with Crippen molar-refractivity contribution in [3.05, 3.63) is 89.7 Å². The van der Waals surface area contributed by atoms with Gasteiger partial charge in [0.15, 0.2) is 0 Å². The summed E-state index contributed by atoms with van der Waals surface area (Å²) in [5, 5.41) is 9.64. The third-order valence-corrected chi connectivity index (χ3v) is 4.46. The van der Waals surface area contributed by atoms with Gasteiger partial charge in [0.1, 0.15) is 17.3 Å².